The van der Waals surface area contributed by atoms with Crippen molar-refractivity contribution in [1.29, 1.82) is 0 Å². The average Bonchev–Trinajstić information content (AvgIpc) is 3.03. The summed E-state index contributed by atoms with van der Waals surface area (Å²) in [5, 5.41) is 9.91. The summed E-state index contributed by atoms with van der Waals surface area (Å²) in [7, 11) is 0. The lowest BCUT2D eigenvalue weighted by Crippen LogP contribution is -2.61. The second-order valence-electron chi connectivity index (χ2n) is 7.96. The zero-order chi connectivity index (χ0) is 17.6. The van der Waals surface area contributed by atoms with Crippen LogP contribution in [-0.2, 0) is 9.53 Å². The van der Waals surface area contributed by atoms with Crippen LogP contribution in [0.2, 0.25) is 0 Å². The van der Waals surface area contributed by atoms with Crippen molar-refractivity contribution in [3.63, 3.8) is 0 Å². The fraction of sp³-hybridized carbons (Fsp3) is 0.650. The van der Waals surface area contributed by atoms with Gasteiger partial charge in [-0.15, -0.1) is 0 Å². The minimum Gasteiger partial charge on any atom is -0.508 e. The number of phenols is 1. The van der Waals surface area contributed by atoms with E-state index in [1.54, 1.807) is 6.07 Å². The highest BCUT2D eigenvalue weighted by Crippen LogP contribution is 2.46. The molecule has 2 bridgehead atoms. The average molecular weight is 344 g/mol. The van der Waals surface area contributed by atoms with Crippen LogP contribution in [0.15, 0.2) is 24.3 Å². The molecule has 5 rings (SSSR count). The highest BCUT2D eigenvalue weighted by Gasteiger charge is 2.54. The number of rotatable bonds is 4. The van der Waals surface area contributed by atoms with Crippen molar-refractivity contribution in [3.8, 4) is 5.75 Å². The second-order valence-corrected chi connectivity index (χ2v) is 7.96. The van der Waals surface area contributed by atoms with E-state index in [9.17, 15) is 9.90 Å². The van der Waals surface area contributed by atoms with Crippen LogP contribution in [-0.4, -0.2) is 65.2 Å². The second kappa shape index (κ2) is 6.61. The van der Waals surface area contributed by atoms with Crippen molar-refractivity contribution in [1.82, 2.24) is 9.80 Å². The van der Waals surface area contributed by atoms with Gasteiger partial charge in [-0.25, -0.2) is 0 Å². The van der Waals surface area contributed by atoms with E-state index < -0.39 is 0 Å². The Balaban J connectivity index is 1.62. The number of likely N-dealkylation sites (tertiary alicyclic amines) is 1. The Labute approximate surface area is 149 Å². The van der Waals surface area contributed by atoms with Crippen LogP contribution < -0.4 is 0 Å². The summed E-state index contributed by atoms with van der Waals surface area (Å²) in [5.41, 5.74) is 1.14. The molecule has 0 radical (unpaired) electrons. The zero-order valence-electron chi connectivity index (χ0n) is 15.1. The van der Waals surface area contributed by atoms with Gasteiger partial charge in [0.2, 0.25) is 5.91 Å². The normalized spacial score (nSPS) is 33.7. The molecule has 136 valence electrons. The molecule has 0 spiro atoms. The van der Waals surface area contributed by atoms with Crippen LogP contribution in [0, 0.1) is 5.92 Å². The van der Waals surface area contributed by atoms with Crippen LogP contribution in [0.3, 0.4) is 0 Å². The number of aromatic hydroxyl groups is 1. The van der Waals surface area contributed by atoms with Gasteiger partial charge in [0.05, 0.1) is 12.1 Å². The van der Waals surface area contributed by atoms with Gasteiger partial charge in [-0.2, -0.15) is 0 Å². The molecule has 1 amide bonds. The van der Waals surface area contributed by atoms with E-state index in [4.69, 9.17) is 4.74 Å². The predicted molar refractivity (Wildman–Crippen MR) is 95.5 cm³/mol. The number of ether oxygens (including phenoxy) is 1. The lowest BCUT2D eigenvalue weighted by Gasteiger charge is -2.51. The highest BCUT2D eigenvalue weighted by molar-refractivity contribution is 5.78. The maximum atomic E-state index is 12.9. The Morgan fingerprint density at radius 1 is 1.28 bits per heavy atom. The number of carbonyl (C=O) groups is 1. The topological polar surface area (TPSA) is 53.0 Å². The summed E-state index contributed by atoms with van der Waals surface area (Å²) in [6.45, 7) is 7.08. The van der Waals surface area contributed by atoms with Gasteiger partial charge in [-0.3, -0.25) is 9.69 Å². The van der Waals surface area contributed by atoms with E-state index in [0.717, 1.165) is 25.2 Å². The molecule has 0 aromatic heterocycles. The summed E-state index contributed by atoms with van der Waals surface area (Å²) in [6, 6.07) is 8.23. The lowest BCUT2D eigenvalue weighted by atomic mass is 9.75. The van der Waals surface area contributed by atoms with Gasteiger partial charge in [0, 0.05) is 18.5 Å². The summed E-state index contributed by atoms with van der Waals surface area (Å²) in [6.07, 6.45) is 2.43. The first-order chi connectivity index (χ1) is 12.0. The molecule has 25 heavy (non-hydrogen) atoms. The number of hydrogen-bond donors (Lipinski definition) is 1. The van der Waals surface area contributed by atoms with Crippen LogP contribution >= 0.6 is 0 Å². The van der Waals surface area contributed by atoms with E-state index in [0.29, 0.717) is 17.7 Å². The van der Waals surface area contributed by atoms with Crippen LogP contribution in [0.5, 0.6) is 5.75 Å². The first kappa shape index (κ1) is 16.9. The summed E-state index contributed by atoms with van der Waals surface area (Å²) in [4.78, 5) is 17.5. The number of nitrogens with zero attached hydrogens (tertiary/aromatic N) is 2. The fourth-order valence-electron chi connectivity index (χ4n) is 5.07. The van der Waals surface area contributed by atoms with Gasteiger partial charge in [-0.1, -0.05) is 12.1 Å². The maximum Gasteiger partial charge on any atom is 0.248 e. The molecule has 1 aromatic rings. The van der Waals surface area contributed by atoms with Crippen LogP contribution in [0.4, 0.5) is 0 Å². The summed E-state index contributed by atoms with van der Waals surface area (Å²) < 4.78 is 5.59. The quantitative estimate of drug-likeness (QED) is 0.910. The Kier molecular flexibility index (Phi) is 4.46. The molecular weight excluding hydrogens is 316 g/mol. The van der Waals surface area contributed by atoms with Crippen molar-refractivity contribution in [2.45, 2.75) is 50.8 Å². The number of fused-ring (bicyclic) bond motifs is 2. The number of hydrogen-bond acceptors (Lipinski definition) is 4. The van der Waals surface area contributed by atoms with Crippen molar-refractivity contribution < 1.29 is 14.6 Å². The summed E-state index contributed by atoms with van der Waals surface area (Å²) >= 11 is 0. The first-order valence-electron chi connectivity index (χ1n) is 9.48. The molecule has 5 heteroatoms. The van der Waals surface area contributed by atoms with Gasteiger partial charge >= 0.3 is 0 Å². The predicted octanol–water partition coefficient (Wildman–Crippen LogP) is 2.21. The van der Waals surface area contributed by atoms with E-state index in [1.807, 2.05) is 26.0 Å². The van der Waals surface area contributed by atoms with E-state index in [2.05, 4.69) is 15.9 Å². The van der Waals surface area contributed by atoms with Gasteiger partial charge in [0.1, 0.15) is 12.4 Å². The molecule has 4 saturated heterocycles. The molecule has 4 aliphatic heterocycles. The molecular formula is C20H28N2O3. The van der Waals surface area contributed by atoms with Crippen LogP contribution in [0.1, 0.15) is 38.2 Å². The molecule has 4 fully saturated rings. The number of amides is 1. The number of phenolic OH excluding ortho intramolecular Hbond substituents is 1. The van der Waals surface area contributed by atoms with Gasteiger partial charge in [-0.05, 0) is 63.4 Å². The van der Waals surface area contributed by atoms with Crippen LogP contribution in [0.25, 0.3) is 0 Å². The van der Waals surface area contributed by atoms with Gasteiger partial charge in [0.15, 0.2) is 0 Å². The molecule has 1 aromatic carbocycles. The van der Waals surface area contributed by atoms with E-state index in [1.165, 1.54) is 12.8 Å². The van der Waals surface area contributed by atoms with E-state index >= 15 is 0 Å². The zero-order valence-corrected chi connectivity index (χ0v) is 15.1. The smallest absolute Gasteiger partial charge is 0.248 e. The third-order valence-corrected chi connectivity index (χ3v) is 6.15. The third kappa shape index (κ3) is 3.04. The Morgan fingerprint density at radius 2 is 2.04 bits per heavy atom. The largest absolute Gasteiger partial charge is 0.508 e. The molecule has 0 aliphatic carbocycles. The lowest BCUT2D eigenvalue weighted by molar-refractivity contribution is -0.142. The van der Waals surface area contributed by atoms with Crippen molar-refractivity contribution >= 4 is 5.91 Å². The van der Waals surface area contributed by atoms with Crippen molar-refractivity contribution in [2.75, 3.05) is 26.2 Å². The maximum absolute atomic E-state index is 12.9. The molecule has 5 nitrogen and oxygen atoms in total. The van der Waals surface area contributed by atoms with Gasteiger partial charge < -0.3 is 14.7 Å². The molecule has 0 unspecified atom stereocenters. The number of benzene rings is 1. The molecule has 4 aliphatic rings. The summed E-state index contributed by atoms with van der Waals surface area (Å²) in [5.74, 6) is 1.28. The monoisotopic (exact) mass is 344 g/mol. The Hall–Kier alpha value is -1.59. The molecule has 3 atom stereocenters. The highest BCUT2D eigenvalue weighted by atomic mass is 16.5. The van der Waals surface area contributed by atoms with E-state index in [-0.39, 0.29) is 30.6 Å². The fourth-order valence-corrected chi connectivity index (χ4v) is 5.07. The standard InChI is InChI=1S/C20H28N2O3/c1-13(2)25-12-18(24)22-11-17(15-4-3-5-16(23)10-15)20-19(22)14-6-8-21(20)9-7-14/h3-5,10,13-14,17,19-20,23H,6-9,11-12H2,1-2H3/t17-,19+,20+/m0/s1. The Bertz CT molecular complexity index is 640. The molecule has 0 saturated carbocycles. The number of piperidine rings is 3. The number of carbonyl (C=O) groups excluding carboxylic acids is 1. The van der Waals surface area contributed by atoms with Gasteiger partial charge in [0.25, 0.3) is 0 Å². The third-order valence-electron chi connectivity index (χ3n) is 6.15. The Morgan fingerprint density at radius 3 is 2.72 bits per heavy atom. The molecule has 1 N–H and O–H groups in total. The van der Waals surface area contributed by atoms with Crippen molar-refractivity contribution in [2.24, 2.45) is 5.92 Å². The first-order valence-corrected chi connectivity index (χ1v) is 9.48. The minimum absolute atomic E-state index is 0.0655. The SMILES string of the molecule is CC(C)OCC(=O)N1C[C@@H](c2cccc(O)c2)[C@@H]2[C@H]1C1CCN2CC1. The molecule has 4 heterocycles. The van der Waals surface area contributed by atoms with Crippen molar-refractivity contribution in [3.05, 3.63) is 29.8 Å². The minimum atomic E-state index is 0.0655.